The predicted octanol–water partition coefficient (Wildman–Crippen LogP) is 4.43. The highest BCUT2D eigenvalue weighted by Crippen LogP contribution is 2.47. The van der Waals surface area contributed by atoms with Gasteiger partial charge in [-0.15, -0.1) is 5.10 Å². The Morgan fingerprint density at radius 3 is 2.46 bits per heavy atom. The van der Waals surface area contributed by atoms with Crippen molar-refractivity contribution in [2.24, 2.45) is 11.7 Å². The van der Waals surface area contributed by atoms with Gasteiger partial charge in [0.25, 0.3) is 0 Å². The van der Waals surface area contributed by atoms with E-state index in [0.717, 1.165) is 18.4 Å². The number of carbonyl (C=O) groups excluding carboxylic acids is 1. The van der Waals surface area contributed by atoms with Crippen molar-refractivity contribution in [3.05, 3.63) is 59.7 Å². The van der Waals surface area contributed by atoms with E-state index in [1.807, 2.05) is 6.08 Å². The molecule has 0 aliphatic heterocycles. The van der Waals surface area contributed by atoms with E-state index in [0.29, 0.717) is 24.3 Å². The largest absolute Gasteiger partial charge is 0.417 e. The summed E-state index contributed by atoms with van der Waals surface area (Å²) in [5, 5.41) is 11.5. The van der Waals surface area contributed by atoms with Gasteiger partial charge < -0.3 is 14.9 Å². The standard InChI is InChI=1S/C25H36FN5O3Si/c1-24(2,3)35(5,6)34-14-8-7-9-19-15-21(31-17-28-29-30-31)16-22(23(27)32)25(19,33-4)18-10-12-20(26)13-11-18/h10-13,15-17,22H,7-9,14H2,1-6H3,(H2,27,32). The third kappa shape index (κ3) is 5.60. The number of hydrogen-bond acceptors (Lipinski definition) is 6. The number of tetrazole rings is 1. The van der Waals surface area contributed by atoms with Crippen LogP contribution in [0.4, 0.5) is 4.39 Å². The maximum Gasteiger partial charge on any atom is 0.228 e. The molecule has 2 unspecified atom stereocenters. The highest BCUT2D eigenvalue weighted by Gasteiger charge is 2.48. The first kappa shape index (κ1) is 26.9. The third-order valence-electron chi connectivity index (χ3n) is 7.20. The zero-order valence-corrected chi connectivity index (χ0v) is 22.4. The maximum absolute atomic E-state index is 13.8. The number of aromatic nitrogens is 4. The van der Waals surface area contributed by atoms with Crippen LogP contribution in [0.25, 0.3) is 5.70 Å². The van der Waals surface area contributed by atoms with Gasteiger partial charge in [0.15, 0.2) is 8.32 Å². The second kappa shape index (κ2) is 10.5. The molecule has 1 aromatic heterocycles. The molecule has 2 atom stereocenters. The fourth-order valence-corrected chi connectivity index (χ4v) is 5.27. The van der Waals surface area contributed by atoms with Crippen LogP contribution in [0, 0.1) is 11.7 Å². The molecule has 0 saturated heterocycles. The van der Waals surface area contributed by atoms with Crippen molar-refractivity contribution >= 4 is 19.9 Å². The molecule has 0 saturated carbocycles. The first-order chi connectivity index (χ1) is 16.4. The molecule has 1 heterocycles. The number of ether oxygens (including phenoxy) is 1. The van der Waals surface area contributed by atoms with Crippen molar-refractivity contribution in [1.29, 1.82) is 0 Å². The van der Waals surface area contributed by atoms with Crippen molar-refractivity contribution in [3.8, 4) is 0 Å². The van der Waals surface area contributed by atoms with E-state index in [1.165, 1.54) is 23.1 Å². The lowest BCUT2D eigenvalue weighted by molar-refractivity contribution is -0.129. The summed E-state index contributed by atoms with van der Waals surface area (Å²) in [5.41, 5.74) is 6.84. The minimum absolute atomic E-state index is 0.146. The third-order valence-corrected chi connectivity index (χ3v) is 11.7. The van der Waals surface area contributed by atoms with Gasteiger partial charge >= 0.3 is 0 Å². The summed E-state index contributed by atoms with van der Waals surface area (Å²) < 4.78 is 27.7. The van der Waals surface area contributed by atoms with Crippen LogP contribution in [0.1, 0.15) is 45.6 Å². The van der Waals surface area contributed by atoms with Crippen LogP contribution in [0.5, 0.6) is 0 Å². The number of benzene rings is 1. The monoisotopic (exact) mass is 501 g/mol. The number of allylic oxidation sites excluding steroid dienone is 2. The van der Waals surface area contributed by atoms with E-state index in [-0.39, 0.29) is 10.9 Å². The minimum atomic E-state index is -1.83. The van der Waals surface area contributed by atoms with E-state index in [4.69, 9.17) is 14.9 Å². The van der Waals surface area contributed by atoms with Crippen molar-refractivity contribution in [3.63, 3.8) is 0 Å². The van der Waals surface area contributed by atoms with Gasteiger partial charge in [-0.05, 0) is 83.2 Å². The van der Waals surface area contributed by atoms with Crippen molar-refractivity contribution in [2.75, 3.05) is 13.7 Å². The van der Waals surface area contributed by atoms with Crippen LogP contribution < -0.4 is 5.73 Å². The molecule has 2 aromatic rings. The molecule has 10 heteroatoms. The average Bonchev–Trinajstić information content (AvgIpc) is 3.33. The second-order valence-corrected chi connectivity index (χ2v) is 15.2. The molecule has 1 amide bonds. The number of halogens is 1. The average molecular weight is 502 g/mol. The Labute approximate surface area is 207 Å². The van der Waals surface area contributed by atoms with E-state index >= 15 is 0 Å². The molecule has 0 fully saturated rings. The number of carbonyl (C=O) groups is 1. The summed E-state index contributed by atoms with van der Waals surface area (Å²) in [6, 6.07) is 6.00. The van der Waals surface area contributed by atoms with E-state index in [9.17, 15) is 9.18 Å². The Hall–Kier alpha value is -2.69. The smallest absolute Gasteiger partial charge is 0.228 e. The van der Waals surface area contributed by atoms with Gasteiger partial charge in [0.1, 0.15) is 17.7 Å². The Kier molecular flexibility index (Phi) is 8.08. The highest BCUT2D eigenvalue weighted by molar-refractivity contribution is 6.74. The topological polar surface area (TPSA) is 105 Å². The van der Waals surface area contributed by atoms with Gasteiger partial charge in [-0.1, -0.05) is 32.9 Å². The Morgan fingerprint density at radius 1 is 1.23 bits per heavy atom. The summed E-state index contributed by atoms with van der Waals surface area (Å²) in [6.45, 7) is 11.8. The van der Waals surface area contributed by atoms with Gasteiger partial charge in [0.2, 0.25) is 5.91 Å². The molecule has 1 aromatic carbocycles. The van der Waals surface area contributed by atoms with Gasteiger partial charge in [-0.25, -0.2) is 9.07 Å². The summed E-state index contributed by atoms with van der Waals surface area (Å²) in [7, 11) is -0.286. The lowest BCUT2D eigenvalue weighted by atomic mass is 9.70. The number of amides is 1. The molecule has 190 valence electrons. The SMILES string of the molecule is COC1(c2ccc(F)cc2)C(CCCCO[Si](C)(C)C(C)(C)C)=CC(n2cnnn2)=CC1C(N)=O. The van der Waals surface area contributed by atoms with Gasteiger partial charge in [-0.2, -0.15) is 0 Å². The van der Waals surface area contributed by atoms with Crippen LogP contribution >= 0.6 is 0 Å². The molecule has 0 spiro atoms. The van der Waals surface area contributed by atoms with Gasteiger partial charge in [0.05, 0.1) is 11.6 Å². The molecule has 1 aliphatic rings. The van der Waals surface area contributed by atoms with Crippen LogP contribution in [-0.2, 0) is 19.6 Å². The van der Waals surface area contributed by atoms with Crippen molar-refractivity contribution < 1.29 is 18.3 Å². The molecule has 1 aliphatic carbocycles. The summed E-state index contributed by atoms with van der Waals surface area (Å²) >= 11 is 0. The summed E-state index contributed by atoms with van der Waals surface area (Å²) in [6.07, 6.45) is 7.37. The van der Waals surface area contributed by atoms with Gasteiger partial charge in [0, 0.05) is 13.7 Å². The van der Waals surface area contributed by atoms with Crippen LogP contribution in [-0.4, -0.2) is 48.1 Å². The highest BCUT2D eigenvalue weighted by atomic mass is 28.4. The van der Waals surface area contributed by atoms with Crippen LogP contribution in [0.15, 0.2) is 48.3 Å². The number of rotatable bonds is 10. The summed E-state index contributed by atoms with van der Waals surface area (Å²) in [4.78, 5) is 12.7. The number of methoxy groups -OCH3 is 1. The molecule has 2 N–H and O–H groups in total. The quantitative estimate of drug-likeness (QED) is 0.381. The molecule has 0 bridgehead atoms. The zero-order valence-electron chi connectivity index (χ0n) is 21.4. The van der Waals surface area contributed by atoms with E-state index < -0.39 is 25.7 Å². The molecule has 3 rings (SSSR count). The molecular weight excluding hydrogens is 465 g/mol. The zero-order chi connectivity index (χ0) is 25.9. The number of nitrogens with two attached hydrogens (primary N) is 1. The number of unbranched alkanes of at least 4 members (excludes halogenated alkanes) is 1. The van der Waals surface area contributed by atoms with Crippen LogP contribution in [0.2, 0.25) is 18.1 Å². The normalized spacial score (nSPS) is 20.9. The van der Waals surface area contributed by atoms with E-state index in [1.54, 1.807) is 25.3 Å². The maximum atomic E-state index is 13.8. The number of nitrogens with zero attached hydrogens (tertiary/aromatic N) is 4. The predicted molar refractivity (Wildman–Crippen MR) is 135 cm³/mol. The molecule has 0 radical (unpaired) electrons. The fraction of sp³-hybridized carbons (Fsp3) is 0.520. The fourth-order valence-electron chi connectivity index (χ4n) is 4.18. The molecule has 35 heavy (non-hydrogen) atoms. The van der Waals surface area contributed by atoms with Crippen LogP contribution in [0.3, 0.4) is 0 Å². The Balaban J connectivity index is 1.92. The molecular formula is C25H36FN5O3Si. The number of hydrogen-bond donors (Lipinski definition) is 1. The molecule has 8 nitrogen and oxygen atoms in total. The Morgan fingerprint density at radius 2 is 1.91 bits per heavy atom. The van der Waals surface area contributed by atoms with Gasteiger partial charge in [-0.3, -0.25) is 4.79 Å². The minimum Gasteiger partial charge on any atom is -0.417 e. The van der Waals surface area contributed by atoms with Crippen molar-refractivity contribution in [1.82, 2.24) is 20.2 Å². The lowest BCUT2D eigenvalue weighted by Crippen LogP contribution is -2.46. The first-order valence-electron chi connectivity index (χ1n) is 11.8. The first-order valence-corrected chi connectivity index (χ1v) is 14.7. The lowest BCUT2D eigenvalue weighted by Gasteiger charge is -2.42. The van der Waals surface area contributed by atoms with Crippen molar-refractivity contribution in [2.45, 2.75) is 63.8 Å². The van der Waals surface area contributed by atoms with E-state index in [2.05, 4.69) is 49.4 Å². The Bertz CT molecular complexity index is 1080. The second-order valence-electron chi connectivity index (χ2n) is 10.4. The number of primary amides is 1. The summed E-state index contributed by atoms with van der Waals surface area (Å²) in [5.74, 6) is -1.78.